The predicted octanol–water partition coefficient (Wildman–Crippen LogP) is -4.30. The van der Waals surface area contributed by atoms with Crippen LogP contribution in [0.25, 0.3) is 0 Å². The Morgan fingerprint density at radius 2 is 0.500 bits per heavy atom. The first-order chi connectivity index (χ1) is 4.90. The summed E-state index contributed by atoms with van der Waals surface area (Å²) < 4.78 is 29.2. The van der Waals surface area contributed by atoms with Crippen molar-refractivity contribution >= 4 is 98.6 Å². The van der Waals surface area contributed by atoms with Crippen molar-refractivity contribution in [3.8, 4) is 0 Å². The van der Waals surface area contributed by atoms with E-state index in [-0.39, 0.29) is 35.9 Å². The molecule has 2 atom stereocenters. The van der Waals surface area contributed by atoms with E-state index in [1.54, 1.807) is 0 Å². The second kappa shape index (κ2) is 5.44. The molecular weight excluding hydrogens is 546 g/mol. The first-order valence-corrected chi connectivity index (χ1v) is 11.4. The fraction of sp³-hybridized carbons (Fsp3) is 0. The SMILES string of the molecule is O1[As]2O[As]1O2.O1[As]2O[As]1O2.[AsH3].[AsH3]. The third-order valence-electron chi connectivity index (χ3n) is 0.800. The molecule has 0 aliphatic carbocycles. The molecule has 6 aliphatic rings. The quantitative estimate of drug-likeness (QED) is 0.284. The molecule has 12 heavy (non-hydrogen) atoms. The van der Waals surface area contributed by atoms with Crippen LogP contribution in [0.4, 0.5) is 0 Å². The summed E-state index contributed by atoms with van der Waals surface area (Å²) in [6, 6.07) is 0. The Kier molecular flexibility index (Phi) is 5.98. The summed E-state index contributed by atoms with van der Waals surface area (Å²) in [4.78, 5) is 0. The average Bonchev–Trinajstić information content (AvgIpc) is 0.938. The van der Waals surface area contributed by atoms with Crippen LogP contribution in [-0.4, -0.2) is 98.6 Å². The first-order valence-electron chi connectivity index (χ1n) is 2.19. The van der Waals surface area contributed by atoms with Crippen LogP contribution in [0.3, 0.4) is 0 Å². The zero-order chi connectivity index (χ0) is 6.55. The van der Waals surface area contributed by atoms with Crippen LogP contribution in [0.5, 0.6) is 0 Å². The molecule has 0 saturated carbocycles. The van der Waals surface area contributed by atoms with Gasteiger partial charge < -0.3 is 0 Å². The van der Waals surface area contributed by atoms with Gasteiger partial charge in [-0.1, -0.05) is 0 Å². The van der Waals surface area contributed by atoms with E-state index in [9.17, 15) is 0 Å². The van der Waals surface area contributed by atoms with E-state index in [4.69, 9.17) is 16.3 Å². The van der Waals surface area contributed by atoms with Crippen LogP contribution < -0.4 is 0 Å². The van der Waals surface area contributed by atoms with Crippen molar-refractivity contribution in [3.63, 3.8) is 0 Å². The molecule has 2 unspecified atom stereocenters. The third-order valence-corrected chi connectivity index (χ3v) is 21.6. The molecule has 0 radical (unpaired) electrons. The Morgan fingerprint density at radius 3 is 0.500 bits per heavy atom. The summed E-state index contributed by atoms with van der Waals surface area (Å²) in [5, 5.41) is 0. The summed E-state index contributed by atoms with van der Waals surface area (Å²) >= 11 is -5.25. The molecule has 0 aromatic rings. The van der Waals surface area contributed by atoms with Crippen molar-refractivity contribution in [1.29, 1.82) is 0 Å². The van der Waals surface area contributed by atoms with Gasteiger partial charge in [-0.25, -0.2) is 0 Å². The maximum absolute atomic E-state index is 4.88. The summed E-state index contributed by atoms with van der Waals surface area (Å²) in [6.07, 6.45) is 0. The average molecular weight is 552 g/mol. The van der Waals surface area contributed by atoms with E-state index >= 15 is 0 Å². The molecule has 6 rings (SSSR count). The van der Waals surface area contributed by atoms with Crippen LogP contribution in [0.15, 0.2) is 0 Å². The molecule has 4 bridgehead atoms. The van der Waals surface area contributed by atoms with Crippen LogP contribution in [-0.2, 0) is 16.3 Å². The number of hydrogen-bond donors (Lipinski definition) is 0. The van der Waals surface area contributed by atoms with Crippen LogP contribution in [0, 0.1) is 0 Å². The summed E-state index contributed by atoms with van der Waals surface area (Å²) in [5.41, 5.74) is 0. The number of rotatable bonds is 0. The Bertz CT molecular complexity index is 104. The zero-order valence-corrected chi connectivity index (χ0v) is 19.1. The molecule has 0 spiro atoms. The minimum atomic E-state index is -1.31. The second-order valence-corrected chi connectivity index (χ2v) is 17.9. The van der Waals surface area contributed by atoms with E-state index in [2.05, 4.69) is 0 Å². The number of hydrogen-bond acceptors (Lipinski definition) is 6. The molecule has 6 nitrogen and oxygen atoms in total. The van der Waals surface area contributed by atoms with Gasteiger partial charge in [0.2, 0.25) is 0 Å². The van der Waals surface area contributed by atoms with Gasteiger partial charge >= 0.3 is 115 Å². The fourth-order valence-electron chi connectivity index (χ4n) is 0.363. The van der Waals surface area contributed by atoms with Crippen molar-refractivity contribution in [3.05, 3.63) is 0 Å². The van der Waals surface area contributed by atoms with Gasteiger partial charge in [-0.15, -0.1) is 0 Å². The van der Waals surface area contributed by atoms with Gasteiger partial charge in [0.15, 0.2) is 0 Å². The Hall–Kier alpha value is 3.11. The molecule has 0 aromatic heterocycles. The molecule has 0 N–H and O–H groups in total. The van der Waals surface area contributed by atoms with Gasteiger partial charge in [0, 0.05) is 0 Å². The van der Waals surface area contributed by atoms with Crippen molar-refractivity contribution in [1.82, 2.24) is 0 Å². The van der Waals surface area contributed by atoms with Crippen molar-refractivity contribution in [2.75, 3.05) is 0 Å². The van der Waals surface area contributed by atoms with E-state index in [0.29, 0.717) is 0 Å². The van der Waals surface area contributed by atoms with Crippen molar-refractivity contribution in [2.24, 2.45) is 0 Å². The van der Waals surface area contributed by atoms with Gasteiger partial charge in [-0.2, -0.15) is 0 Å². The van der Waals surface area contributed by atoms with Gasteiger partial charge in [0.1, 0.15) is 0 Å². The molecule has 6 aliphatic heterocycles. The Morgan fingerprint density at radius 1 is 0.417 bits per heavy atom. The molecule has 6 saturated heterocycles. The van der Waals surface area contributed by atoms with Crippen molar-refractivity contribution < 1.29 is 16.3 Å². The van der Waals surface area contributed by atoms with Gasteiger partial charge in [0.25, 0.3) is 0 Å². The van der Waals surface area contributed by atoms with Crippen LogP contribution in [0.1, 0.15) is 0 Å². The van der Waals surface area contributed by atoms with Gasteiger partial charge in [-0.3, -0.25) is 0 Å². The molecule has 72 valence electrons. The standard InChI is InChI=1S/2As2O3.2AsH3/c2*3-1-4-2(3)5-1;;/h;;2*1H3. The fourth-order valence-corrected chi connectivity index (χ4v) is 9.81. The van der Waals surface area contributed by atoms with Crippen LogP contribution in [0.2, 0.25) is 0 Å². The minimum absolute atomic E-state index is 0. The van der Waals surface area contributed by atoms with E-state index in [1.165, 1.54) is 0 Å². The Balaban J connectivity index is 0.000000103. The first kappa shape index (κ1) is 13.2. The zero-order valence-electron chi connectivity index (χ0n) is 5.65. The van der Waals surface area contributed by atoms with Crippen molar-refractivity contribution in [2.45, 2.75) is 0 Å². The van der Waals surface area contributed by atoms with Gasteiger partial charge in [-0.05, 0) is 0 Å². The topological polar surface area (TPSA) is 55.4 Å². The normalized spacial score (nSPS) is 48.0. The molecular formula is H6As6O6. The van der Waals surface area contributed by atoms with Crippen LogP contribution >= 0.6 is 0 Å². The summed E-state index contributed by atoms with van der Waals surface area (Å²) in [7, 11) is 0. The maximum atomic E-state index is 4.88. The molecule has 12 heteroatoms. The molecule has 6 fully saturated rings. The molecule has 0 amide bonds. The second-order valence-electron chi connectivity index (χ2n) is 1.38. The Labute approximate surface area is 113 Å². The summed E-state index contributed by atoms with van der Waals surface area (Å²) in [5.74, 6) is 0. The van der Waals surface area contributed by atoms with E-state index < -0.39 is 62.7 Å². The molecule has 6 heterocycles. The van der Waals surface area contributed by atoms with E-state index in [1.807, 2.05) is 0 Å². The van der Waals surface area contributed by atoms with E-state index in [0.717, 1.165) is 0 Å². The predicted molar refractivity (Wildman–Crippen MR) is 49.4 cm³/mol. The summed E-state index contributed by atoms with van der Waals surface area (Å²) in [6.45, 7) is 0. The third kappa shape index (κ3) is 2.62. The molecule has 0 aromatic carbocycles. The monoisotopic (exact) mass is 552 g/mol. The van der Waals surface area contributed by atoms with Gasteiger partial charge in [0.05, 0.1) is 0 Å².